The second-order valence-electron chi connectivity index (χ2n) is 5.32. The molecule has 1 atom stereocenters. The molecule has 0 aromatic heterocycles. The SMILES string of the molecule is CCOC(CC)(CC)C(Cc1cc(F)ccc1C)NC. The summed E-state index contributed by atoms with van der Waals surface area (Å²) in [4.78, 5) is 0. The van der Waals surface area contributed by atoms with Crippen molar-refractivity contribution in [1.82, 2.24) is 5.32 Å². The highest BCUT2D eigenvalue weighted by atomic mass is 19.1. The van der Waals surface area contributed by atoms with Crippen LogP contribution in [0.2, 0.25) is 0 Å². The number of halogens is 1. The van der Waals surface area contributed by atoms with E-state index in [2.05, 4.69) is 19.2 Å². The molecule has 0 aliphatic rings. The van der Waals surface area contributed by atoms with E-state index in [0.29, 0.717) is 6.61 Å². The van der Waals surface area contributed by atoms with Crippen LogP contribution in [0.1, 0.15) is 44.7 Å². The van der Waals surface area contributed by atoms with E-state index in [1.807, 2.05) is 27.0 Å². The van der Waals surface area contributed by atoms with Crippen LogP contribution in [0.3, 0.4) is 0 Å². The second kappa shape index (κ2) is 7.75. The van der Waals surface area contributed by atoms with Crippen molar-refractivity contribution in [1.29, 1.82) is 0 Å². The number of likely N-dealkylation sites (N-methyl/N-ethyl adjacent to an activating group) is 1. The van der Waals surface area contributed by atoms with E-state index in [9.17, 15) is 4.39 Å². The van der Waals surface area contributed by atoms with Crippen LogP contribution in [0.15, 0.2) is 18.2 Å². The number of hydrogen-bond donors (Lipinski definition) is 1. The summed E-state index contributed by atoms with van der Waals surface area (Å²) in [6.45, 7) is 9.06. The molecule has 1 aromatic rings. The number of hydrogen-bond acceptors (Lipinski definition) is 2. The standard InChI is InChI=1S/C17H28FNO/c1-6-17(7-2,20-8-3)16(19-5)12-14-11-15(18)10-9-13(14)4/h9-11,16,19H,6-8,12H2,1-5H3. The predicted octanol–water partition coefficient (Wildman–Crippen LogP) is 3.86. The van der Waals surface area contributed by atoms with Crippen molar-refractivity contribution < 1.29 is 9.13 Å². The lowest BCUT2D eigenvalue weighted by Crippen LogP contribution is -2.52. The number of rotatable bonds is 8. The van der Waals surface area contributed by atoms with Gasteiger partial charge in [0.2, 0.25) is 0 Å². The van der Waals surface area contributed by atoms with Crippen molar-refractivity contribution in [3.05, 3.63) is 35.1 Å². The van der Waals surface area contributed by atoms with Crippen LogP contribution in [-0.2, 0) is 11.2 Å². The molecule has 1 rings (SSSR count). The lowest BCUT2D eigenvalue weighted by Gasteiger charge is -2.39. The Morgan fingerprint density at radius 3 is 2.40 bits per heavy atom. The average Bonchev–Trinajstić information content (AvgIpc) is 2.46. The second-order valence-corrected chi connectivity index (χ2v) is 5.32. The molecule has 1 N–H and O–H groups in total. The van der Waals surface area contributed by atoms with Crippen molar-refractivity contribution in [2.75, 3.05) is 13.7 Å². The molecule has 0 saturated carbocycles. The van der Waals surface area contributed by atoms with Gasteiger partial charge in [-0.15, -0.1) is 0 Å². The normalized spacial score (nSPS) is 13.5. The van der Waals surface area contributed by atoms with Gasteiger partial charge in [0.1, 0.15) is 5.82 Å². The van der Waals surface area contributed by atoms with E-state index < -0.39 is 0 Å². The van der Waals surface area contributed by atoms with Crippen molar-refractivity contribution in [2.24, 2.45) is 0 Å². The third-order valence-corrected chi connectivity index (χ3v) is 4.35. The first-order valence-corrected chi connectivity index (χ1v) is 7.59. The van der Waals surface area contributed by atoms with Crippen molar-refractivity contribution in [2.45, 2.75) is 58.6 Å². The van der Waals surface area contributed by atoms with Crippen LogP contribution in [0.5, 0.6) is 0 Å². The molecule has 114 valence electrons. The third kappa shape index (κ3) is 3.80. The Morgan fingerprint density at radius 1 is 1.25 bits per heavy atom. The smallest absolute Gasteiger partial charge is 0.123 e. The van der Waals surface area contributed by atoms with Crippen LogP contribution in [0, 0.1) is 12.7 Å². The summed E-state index contributed by atoms with van der Waals surface area (Å²) >= 11 is 0. The molecule has 2 nitrogen and oxygen atoms in total. The number of benzene rings is 1. The van der Waals surface area contributed by atoms with Gasteiger partial charge in [-0.25, -0.2) is 4.39 Å². The molecule has 0 heterocycles. The summed E-state index contributed by atoms with van der Waals surface area (Å²) in [5, 5.41) is 3.38. The fourth-order valence-corrected chi connectivity index (χ4v) is 2.97. The van der Waals surface area contributed by atoms with Gasteiger partial charge < -0.3 is 10.1 Å². The fraction of sp³-hybridized carbons (Fsp3) is 0.647. The summed E-state index contributed by atoms with van der Waals surface area (Å²) < 4.78 is 19.5. The first kappa shape index (κ1) is 17.1. The molecule has 1 aromatic carbocycles. The molecule has 20 heavy (non-hydrogen) atoms. The van der Waals surface area contributed by atoms with E-state index in [-0.39, 0.29) is 17.5 Å². The molecular formula is C17H28FNO. The largest absolute Gasteiger partial charge is 0.374 e. The summed E-state index contributed by atoms with van der Waals surface area (Å²) in [5.41, 5.74) is 1.99. The van der Waals surface area contributed by atoms with Gasteiger partial charge in [-0.05, 0) is 63.4 Å². The van der Waals surface area contributed by atoms with Crippen LogP contribution in [0.4, 0.5) is 4.39 Å². The van der Waals surface area contributed by atoms with Gasteiger partial charge in [0.25, 0.3) is 0 Å². The molecule has 0 amide bonds. The number of nitrogens with one attached hydrogen (secondary N) is 1. The summed E-state index contributed by atoms with van der Waals surface area (Å²) in [7, 11) is 1.96. The maximum Gasteiger partial charge on any atom is 0.123 e. The molecule has 0 fully saturated rings. The average molecular weight is 281 g/mol. The van der Waals surface area contributed by atoms with Gasteiger partial charge in [0, 0.05) is 12.6 Å². The molecular weight excluding hydrogens is 253 g/mol. The van der Waals surface area contributed by atoms with E-state index in [4.69, 9.17) is 4.74 Å². The van der Waals surface area contributed by atoms with Gasteiger partial charge in [0.05, 0.1) is 5.60 Å². The van der Waals surface area contributed by atoms with Gasteiger partial charge in [-0.2, -0.15) is 0 Å². The summed E-state index contributed by atoms with van der Waals surface area (Å²) in [6.07, 6.45) is 2.66. The Morgan fingerprint density at radius 2 is 1.90 bits per heavy atom. The van der Waals surface area contributed by atoms with Crippen LogP contribution in [0.25, 0.3) is 0 Å². The van der Waals surface area contributed by atoms with E-state index in [1.54, 1.807) is 6.07 Å². The molecule has 0 spiro atoms. The zero-order valence-electron chi connectivity index (χ0n) is 13.4. The molecule has 0 saturated heterocycles. The van der Waals surface area contributed by atoms with E-state index in [1.165, 1.54) is 6.07 Å². The Labute approximate surface area is 122 Å². The lowest BCUT2D eigenvalue weighted by molar-refractivity contribution is -0.0704. The Kier molecular flexibility index (Phi) is 6.63. The minimum absolute atomic E-state index is 0.171. The quantitative estimate of drug-likeness (QED) is 0.781. The monoisotopic (exact) mass is 281 g/mol. The minimum atomic E-state index is -0.192. The predicted molar refractivity (Wildman–Crippen MR) is 82.6 cm³/mol. The minimum Gasteiger partial charge on any atom is -0.374 e. The first-order chi connectivity index (χ1) is 9.52. The highest BCUT2D eigenvalue weighted by molar-refractivity contribution is 5.28. The van der Waals surface area contributed by atoms with Crippen LogP contribution < -0.4 is 5.32 Å². The highest BCUT2D eigenvalue weighted by Gasteiger charge is 2.35. The summed E-state index contributed by atoms with van der Waals surface area (Å²) in [5.74, 6) is -0.171. The first-order valence-electron chi connectivity index (χ1n) is 7.59. The van der Waals surface area contributed by atoms with Crippen LogP contribution >= 0.6 is 0 Å². The summed E-state index contributed by atoms with van der Waals surface area (Å²) in [6, 6.07) is 5.18. The van der Waals surface area contributed by atoms with Gasteiger partial charge in [-0.3, -0.25) is 0 Å². The van der Waals surface area contributed by atoms with Crippen molar-refractivity contribution in [3.8, 4) is 0 Å². The number of aryl methyl sites for hydroxylation is 1. The maximum atomic E-state index is 13.5. The van der Waals surface area contributed by atoms with Gasteiger partial charge in [-0.1, -0.05) is 19.9 Å². The Balaban J connectivity index is 3.02. The van der Waals surface area contributed by atoms with Gasteiger partial charge in [0.15, 0.2) is 0 Å². The van der Waals surface area contributed by atoms with Crippen molar-refractivity contribution >= 4 is 0 Å². The molecule has 3 heteroatoms. The molecule has 0 bridgehead atoms. The van der Waals surface area contributed by atoms with Crippen LogP contribution in [-0.4, -0.2) is 25.3 Å². The van der Waals surface area contributed by atoms with Crippen molar-refractivity contribution in [3.63, 3.8) is 0 Å². The molecule has 0 aliphatic carbocycles. The van der Waals surface area contributed by atoms with E-state index >= 15 is 0 Å². The highest BCUT2D eigenvalue weighted by Crippen LogP contribution is 2.28. The molecule has 0 radical (unpaired) electrons. The Bertz CT molecular complexity index is 415. The zero-order chi connectivity index (χ0) is 15.2. The fourth-order valence-electron chi connectivity index (χ4n) is 2.97. The number of ether oxygens (including phenoxy) is 1. The molecule has 0 aliphatic heterocycles. The lowest BCUT2D eigenvalue weighted by atomic mass is 9.83. The molecule has 1 unspecified atom stereocenters. The topological polar surface area (TPSA) is 21.3 Å². The third-order valence-electron chi connectivity index (χ3n) is 4.35. The Hall–Kier alpha value is -0.930. The van der Waals surface area contributed by atoms with Gasteiger partial charge >= 0.3 is 0 Å². The maximum absolute atomic E-state index is 13.5. The zero-order valence-corrected chi connectivity index (χ0v) is 13.4. The van der Waals surface area contributed by atoms with E-state index in [0.717, 1.165) is 30.4 Å².